The Hall–Kier alpha value is -1.95. The van der Waals surface area contributed by atoms with Gasteiger partial charge in [-0.3, -0.25) is 9.48 Å². The molecule has 0 N–H and O–H groups in total. The van der Waals surface area contributed by atoms with Crippen molar-refractivity contribution in [1.29, 1.82) is 0 Å². The Labute approximate surface area is 134 Å². The highest BCUT2D eigenvalue weighted by Gasteiger charge is 2.35. The second-order valence-corrected chi connectivity index (χ2v) is 5.92. The number of rotatable bonds is 2. The zero-order valence-electron chi connectivity index (χ0n) is 12.9. The molecule has 1 unspecified atom stereocenters. The standard InChI is InChI=1S/C15H18ClN5O/c1-9-13(14(16)20(3)19-9)12-5-4-8-21(12)15(22)11-6-7-17-10(2)18-11/h6-7,12H,4-5,8H2,1-3H3. The van der Waals surface area contributed by atoms with Crippen LogP contribution in [0, 0.1) is 13.8 Å². The molecule has 0 aromatic carbocycles. The molecule has 0 radical (unpaired) electrons. The van der Waals surface area contributed by atoms with E-state index in [4.69, 9.17) is 11.6 Å². The van der Waals surface area contributed by atoms with Crippen LogP contribution in [-0.4, -0.2) is 37.1 Å². The zero-order chi connectivity index (χ0) is 15.9. The summed E-state index contributed by atoms with van der Waals surface area (Å²) in [7, 11) is 1.81. The van der Waals surface area contributed by atoms with Gasteiger partial charge >= 0.3 is 0 Å². The first-order chi connectivity index (χ1) is 10.5. The molecule has 0 saturated carbocycles. The molecule has 6 nitrogen and oxygen atoms in total. The first kappa shape index (κ1) is 15.0. The summed E-state index contributed by atoms with van der Waals surface area (Å²) in [6.07, 6.45) is 3.45. The number of amides is 1. The van der Waals surface area contributed by atoms with Gasteiger partial charge in [-0.05, 0) is 32.8 Å². The molecule has 0 spiro atoms. The normalized spacial score (nSPS) is 18.0. The van der Waals surface area contributed by atoms with E-state index in [1.54, 1.807) is 23.9 Å². The van der Waals surface area contributed by atoms with Gasteiger partial charge in [0.05, 0.1) is 11.7 Å². The molecule has 1 atom stereocenters. The molecular weight excluding hydrogens is 302 g/mol. The van der Waals surface area contributed by atoms with Gasteiger partial charge in [0, 0.05) is 25.4 Å². The predicted molar refractivity (Wildman–Crippen MR) is 82.7 cm³/mol. The first-order valence-electron chi connectivity index (χ1n) is 7.28. The van der Waals surface area contributed by atoms with Gasteiger partial charge in [-0.25, -0.2) is 9.97 Å². The molecule has 7 heteroatoms. The lowest BCUT2D eigenvalue weighted by Gasteiger charge is -2.24. The van der Waals surface area contributed by atoms with Crippen molar-refractivity contribution < 1.29 is 4.79 Å². The lowest BCUT2D eigenvalue weighted by molar-refractivity contribution is 0.0729. The van der Waals surface area contributed by atoms with Crippen LogP contribution < -0.4 is 0 Å². The van der Waals surface area contributed by atoms with E-state index in [9.17, 15) is 4.79 Å². The average Bonchev–Trinajstić information content (AvgIpc) is 3.04. The van der Waals surface area contributed by atoms with E-state index >= 15 is 0 Å². The van der Waals surface area contributed by atoms with E-state index in [2.05, 4.69) is 15.1 Å². The fourth-order valence-corrected chi connectivity index (χ4v) is 3.36. The van der Waals surface area contributed by atoms with Crippen molar-refractivity contribution in [3.63, 3.8) is 0 Å². The van der Waals surface area contributed by atoms with Crippen LogP contribution in [0.4, 0.5) is 0 Å². The third-order valence-electron chi connectivity index (χ3n) is 4.04. The number of carbonyl (C=O) groups excluding carboxylic acids is 1. The third-order valence-corrected chi connectivity index (χ3v) is 4.49. The second kappa shape index (κ2) is 5.68. The molecule has 3 rings (SSSR count). The molecule has 1 amide bonds. The molecule has 0 aliphatic carbocycles. The van der Waals surface area contributed by atoms with E-state index < -0.39 is 0 Å². The van der Waals surface area contributed by atoms with Crippen molar-refractivity contribution >= 4 is 17.5 Å². The Kier molecular flexibility index (Phi) is 3.87. The third kappa shape index (κ3) is 2.47. The summed E-state index contributed by atoms with van der Waals surface area (Å²) in [6, 6.07) is 1.62. The van der Waals surface area contributed by atoms with Gasteiger partial charge in [0.25, 0.3) is 5.91 Å². The van der Waals surface area contributed by atoms with Crippen molar-refractivity contribution in [2.24, 2.45) is 7.05 Å². The monoisotopic (exact) mass is 319 g/mol. The Morgan fingerprint density at radius 2 is 2.18 bits per heavy atom. The largest absolute Gasteiger partial charge is 0.330 e. The second-order valence-electron chi connectivity index (χ2n) is 5.56. The van der Waals surface area contributed by atoms with Gasteiger partial charge in [-0.2, -0.15) is 5.10 Å². The number of likely N-dealkylation sites (tertiary alicyclic amines) is 1. The molecule has 1 fully saturated rings. The van der Waals surface area contributed by atoms with Gasteiger partial charge in [-0.15, -0.1) is 0 Å². The Morgan fingerprint density at radius 3 is 2.82 bits per heavy atom. The van der Waals surface area contributed by atoms with Crippen LogP contribution in [0.25, 0.3) is 0 Å². The Morgan fingerprint density at radius 1 is 1.41 bits per heavy atom. The maximum absolute atomic E-state index is 12.8. The van der Waals surface area contributed by atoms with Crippen LogP contribution in [0.3, 0.4) is 0 Å². The van der Waals surface area contributed by atoms with Crippen LogP contribution in [0.2, 0.25) is 5.15 Å². The SMILES string of the molecule is Cc1nccc(C(=O)N2CCCC2c2c(C)nn(C)c2Cl)n1. The molecule has 1 saturated heterocycles. The van der Waals surface area contributed by atoms with Gasteiger partial charge in [0.15, 0.2) is 0 Å². The van der Waals surface area contributed by atoms with E-state index in [0.717, 1.165) is 24.1 Å². The summed E-state index contributed by atoms with van der Waals surface area (Å²) in [5.74, 6) is 0.518. The minimum Gasteiger partial charge on any atom is -0.330 e. The summed E-state index contributed by atoms with van der Waals surface area (Å²) in [5, 5.41) is 4.96. The van der Waals surface area contributed by atoms with Gasteiger partial charge in [0.1, 0.15) is 16.7 Å². The number of nitrogens with zero attached hydrogens (tertiary/aromatic N) is 5. The molecule has 1 aliphatic rings. The number of hydrogen-bond acceptors (Lipinski definition) is 4. The molecule has 2 aromatic rings. The number of halogens is 1. The number of aryl methyl sites for hydroxylation is 3. The van der Waals surface area contributed by atoms with Gasteiger partial charge < -0.3 is 4.90 Å². The fraction of sp³-hybridized carbons (Fsp3) is 0.467. The molecule has 3 heterocycles. The fourth-order valence-electron chi connectivity index (χ4n) is 3.06. The van der Waals surface area contributed by atoms with Crippen molar-refractivity contribution in [2.45, 2.75) is 32.7 Å². The maximum atomic E-state index is 12.8. The number of carbonyl (C=O) groups is 1. The lowest BCUT2D eigenvalue weighted by atomic mass is 10.1. The van der Waals surface area contributed by atoms with Crippen molar-refractivity contribution in [1.82, 2.24) is 24.6 Å². The summed E-state index contributed by atoms with van der Waals surface area (Å²) in [5.41, 5.74) is 2.24. The van der Waals surface area contributed by atoms with Crippen LogP contribution in [0.15, 0.2) is 12.3 Å². The van der Waals surface area contributed by atoms with Gasteiger partial charge in [-0.1, -0.05) is 11.6 Å². The van der Waals surface area contributed by atoms with E-state index in [1.807, 2.05) is 18.9 Å². The molecule has 0 bridgehead atoms. The van der Waals surface area contributed by atoms with Gasteiger partial charge in [0.2, 0.25) is 0 Å². The molecule has 22 heavy (non-hydrogen) atoms. The minimum atomic E-state index is -0.0766. The van der Waals surface area contributed by atoms with Crippen LogP contribution in [-0.2, 0) is 7.05 Å². The minimum absolute atomic E-state index is 0.0380. The Balaban J connectivity index is 1.95. The van der Waals surface area contributed by atoms with Crippen LogP contribution in [0.5, 0.6) is 0 Å². The predicted octanol–water partition coefficient (Wildman–Crippen LogP) is 2.46. The summed E-state index contributed by atoms with van der Waals surface area (Å²) in [4.78, 5) is 22.9. The average molecular weight is 320 g/mol. The summed E-state index contributed by atoms with van der Waals surface area (Å²) in [6.45, 7) is 4.41. The maximum Gasteiger partial charge on any atom is 0.273 e. The van der Waals surface area contributed by atoms with Crippen molar-refractivity contribution in [3.05, 3.63) is 40.2 Å². The molecule has 116 valence electrons. The highest BCUT2D eigenvalue weighted by atomic mass is 35.5. The smallest absolute Gasteiger partial charge is 0.273 e. The Bertz CT molecular complexity index is 727. The van der Waals surface area contributed by atoms with E-state index in [1.165, 1.54) is 0 Å². The first-order valence-corrected chi connectivity index (χ1v) is 7.66. The zero-order valence-corrected chi connectivity index (χ0v) is 13.6. The number of hydrogen-bond donors (Lipinski definition) is 0. The highest BCUT2D eigenvalue weighted by Crippen LogP contribution is 2.38. The van der Waals surface area contributed by atoms with Crippen LogP contribution in [0.1, 0.15) is 46.5 Å². The summed E-state index contributed by atoms with van der Waals surface area (Å²) < 4.78 is 1.65. The quantitative estimate of drug-likeness (QED) is 0.853. The summed E-state index contributed by atoms with van der Waals surface area (Å²) >= 11 is 6.37. The van der Waals surface area contributed by atoms with Crippen molar-refractivity contribution in [3.8, 4) is 0 Å². The number of aromatic nitrogens is 4. The lowest BCUT2D eigenvalue weighted by Crippen LogP contribution is -2.31. The van der Waals surface area contributed by atoms with E-state index in [0.29, 0.717) is 23.2 Å². The van der Waals surface area contributed by atoms with E-state index in [-0.39, 0.29) is 11.9 Å². The highest BCUT2D eigenvalue weighted by molar-refractivity contribution is 6.30. The molecule has 2 aromatic heterocycles. The molecular formula is C15H18ClN5O. The molecule has 1 aliphatic heterocycles. The topological polar surface area (TPSA) is 63.9 Å². The van der Waals surface area contributed by atoms with Crippen LogP contribution >= 0.6 is 11.6 Å². The van der Waals surface area contributed by atoms with Crippen molar-refractivity contribution in [2.75, 3.05) is 6.54 Å².